The fourth-order valence-corrected chi connectivity index (χ4v) is 3.73. The predicted molar refractivity (Wildman–Crippen MR) is 125 cm³/mol. The Morgan fingerprint density at radius 2 is 1.72 bits per heavy atom. The second kappa shape index (κ2) is 10.6. The molecule has 0 radical (unpaired) electrons. The van der Waals surface area contributed by atoms with Gasteiger partial charge in [0.1, 0.15) is 6.26 Å². The SMILES string of the molecule is CN=C(NCc1ccc(C(=O)N2CCCCC2)cc1)NCc1coc(-c2ccccc2)n1. The molecule has 2 N–H and O–H groups in total. The molecule has 0 bridgehead atoms. The highest BCUT2D eigenvalue weighted by Crippen LogP contribution is 2.18. The number of aliphatic imine (C=N–C) groups is 1. The smallest absolute Gasteiger partial charge is 0.253 e. The first-order chi connectivity index (χ1) is 15.7. The van der Waals surface area contributed by atoms with Crippen molar-refractivity contribution in [3.63, 3.8) is 0 Å². The lowest BCUT2D eigenvalue weighted by molar-refractivity contribution is 0.0724. The average Bonchev–Trinajstić information content (AvgIpc) is 3.34. The quantitative estimate of drug-likeness (QED) is 0.458. The van der Waals surface area contributed by atoms with Crippen LogP contribution in [0.4, 0.5) is 0 Å². The molecule has 7 nitrogen and oxygen atoms in total. The summed E-state index contributed by atoms with van der Waals surface area (Å²) in [7, 11) is 1.73. The number of amides is 1. The molecule has 0 unspecified atom stereocenters. The maximum absolute atomic E-state index is 12.6. The van der Waals surface area contributed by atoms with E-state index in [0.29, 0.717) is 24.9 Å². The summed E-state index contributed by atoms with van der Waals surface area (Å²) in [5.41, 5.74) is 3.57. The average molecular weight is 432 g/mol. The van der Waals surface area contributed by atoms with Gasteiger partial charge in [-0.2, -0.15) is 0 Å². The van der Waals surface area contributed by atoms with E-state index in [1.165, 1.54) is 6.42 Å². The van der Waals surface area contributed by atoms with Gasteiger partial charge in [0, 0.05) is 37.8 Å². The summed E-state index contributed by atoms with van der Waals surface area (Å²) in [6.45, 7) is 2.83. The van der Waals surface area contributed by atoms with Crippen LogP contribution in [0.2, 0.25) is 0 Å². The molecule has 1 saturated heterocycles. The van der Waals surface area contributed by atoms with Crippen LogP contribution < -0.4 is 10.6 Å². The first-order valence-electron chi connectivity index (χ1n) is 11.1. The lowest BCUT2D eigenvalue weighted by Gasteiger charge is -2.26. The first-order valence-corrected chi connectivity index (χ1v) is 11.1. The molecule has 0 atom stereocenters. The van der Waals surface area contributed by atoms with Gasteiger partial charge in [0.2, 0.25) is 5.89 Å². The van der Waals surface area contributed by atoms with Crippen molar-refractivity contribution < 1.29 is 9.21 Å². The van der Waals surface area contributed by atoms with Crippen LogP contribution in [0.5, 0.6) is 0 Å². The third-order valence-electron chi connectivity index (χ3n) is 5.54. The molecule has 1 amide bonds. The van der Waals surface area contributed by atoms with Gasteiger partial charge in [0.15, 0.2) is 5.96 Å². The lowest BCUT2D eigenvalue weighted by Crippen LogP contribution is -2.36. The minimum atomic E-state index is 0.129. The summed E-state index contributed by atoms with van der Waals surface area (Å²) in [5.74, 6) is 1.40. The summed E-state index contributed by atoms with van der Waals surface area (Å²) in [5, 5.41) is 6.54. The van der Waals surface area contributed by atoms with Gasteiger partial charge >= 0.3 is 0 Å². The maximum atomic E-state index is 12.6. The molecule has 0 saturated carbocycles. The van der Waals surface area contributed by atoms with E-state index in [-0.39, 0.29) is 5.91 Å². The van der Waals surface area contributed by atoms with E-state index in [0.717, 1.165) is 48.3 Å². The van der Waals surface area contributed by atoms with Crippen molar-refractivity contribution in [1.29, 1.82) is 0 Å². The number of hydrogen-bond acceptors (Lipinski definition) is 4. The van der Waals surface area contributed by atoms with Crippen LogP contribution in [0.3, 0.4) is 0 Å². The lowest BCUT2D eigenvalue weighted by atomic mass is 10.1. The fraction of sp³-hybridized carbons (Fsp3) is 0.320. The van der Waals surface area contributed by atoms with Gasteiger partial charge in [-0.25, -0.2) is 4.98 Å². The highest BCUT2D eigenvalue weighted by atomic mass is 16.3. The van der Waals surface area contributed by atoms with Crippen LogP contribution in [-0.2, 0) is 13.1 Å². The number of guanidine groups is 1. The topological polar surface area (TPSA) is 82.8 Å². The van der Waals surface area contributed by atoms with Crippen molar-refractivity contribution in [2.24, 2.45) is 4.99 Å². The second-order valence-electron chi connectivity index (χ2n) is 7.84. The van der Waals surface area contributed by atoms with Crippen molar-refractivity contribution in [3.05, 3.63) is 77.7 Å². The molecule has 2 heterocycles. The van der Waals surface area contributed by atoms with Crippen molar-refractivity contribution in [3.8, 4) is 11.5 Å². The molecule has 0 spiro atoms. The Bertz CT molecular complexity index is 1040. The Morgan fingerprint density at radius 3 is 2.44 bits per heavy atom. The van der Waals surface area contributed by atoms with Gasteiger partial charge in [0.25, 0.3) is 5.91 Å². The van der Waals surface area contributed by atoms with Crippen LogP contribution >= 0.6 is 0 Å². The van der Waals surface area contributed by atoms with Gasteiger partial charge in [-0.3, -0.25) is 9.79 Å². The van der Waals surface area contributed by atoms with Crippen molar-refractivity contribution in [1.82, 2.24) is 20.5 Å². The van der Waals surface area contributed by atoms with Crippen LogP contribution in [0.25, 0.3) is 11.5 Å². The summed E-state index contributed by atoms with van der Waals surface area (Å²) < 4.78 is 5.58. The number of nitrogens with one attached hydrogen (secondary N) is 2. The normalized spacial score (nSPS) is 14.3. The molecule has 1 aliphatic rings. The molecule has 1 aliphatic heterocycles. The van der Waals surface area contributed by atoms with Crippen LogP contribution in [-0.4, -0.2) is 41.9 Å². The van der Waals surface area contributed by atoms with Gasteiger partial charge in [-0.05, 0) is 49.1 Å². The standard InChI is InChI=1S/C25H29N5O2/c1-26-25(28-17-22-18-32-23(29-22)20-8-4-2-5-9-20)27-16-19-10-12-21(13-11-19)24(31)30-14-6-3-7-15-30/h2,4-5,8-13,18H,3,6-7,14-17H2,1H3,(H2,26,27,28). The van der Waals surface area contributed by atoms with Gasteiger partial charge in [0.05, 0.1) is 12.2 Å². The van der Waals surface area contributed by atoms with E-state index in [1.807, 2.05) is 59.5 Å². The highest BCUT2D eigenvalue weighted by molar-refractivity contribution is 5.94. The van der Waals surface area contributed by atoms with Crippen LogP contribution in [0.15, 0.2) is 70.3 Å². The number of carbonyl (C=O) groups is 1. The van der Waals surface area contributed by atoms with Crippen molar-refractivity contribution >= 4 is 11.9 Å². The minimum Gasteiger partial charge on any atom is -0.444 e. The number of oxazole rings is 1. The van der Waals surface area contributed by atoms with Crippen LogP contribution in [0.1, 0.15) is 40.9 Å². The van der Waals surface area contributed by atoms with E-state index in [1.54, 1.807) is 13.3 Å². The summed E-state index contributed by atoms with van der Waals surface area (Å²) in [6, 6.07) is 17.6. The molecule has 1 aromatic heterocycles. The Balaban J connectivity index is 1.26. The molecule has 3 aromatic rings. The van der Waals surface area contributed by atoms with Crippen molar-refractivity contribution in [2.75, 3.05) is 20.1 Å². The van der Waals surface area contributed by atoms with Crippen molar-refractivity contribution in [2.45, 2.75) is 32.4 Å². The van der Waals surface area contributed by atoms with E-state index in [2.05, 4.69) is 20.6 Å². The van der Waals surface area contributed by atoms with Crippen LogP contribution in [0, 0.1) is 0 Å². The minimum absolute atomic E-state index is 0.129. The molecule has 0 aliphatic carbocycles. The molecule has 32 heavy (non-hydrogen) atoms. The number of rotatable bonds is 6. The molecular weight excluding hydrogens is 402 g/mol. The zero-order valence-electron chi connectivity index (χ0n) is 18.4. The Kier molecular flexibility index (Phi) is 7.17. The maximum Gasteiger partial charge on any atom is 0.253 e. The number of nitrogens with zero attached hydrogens (tertiary/aromatic N) is 3. The van der Waals surface area contributed by atoms with Gasteiger partial charge < -0.3 is 20.0 Å². The Morgan fingerprint density at radius 1 is 1.00 bits per heavy atom. The summed E-state index contributed by atoms with van der Waals surface area (Å²) in [6.07, 6.45) is 5.07. The molecule has 7 heteroatoms. The predicted octanol–water partition coefficient (Wildman–Crippen LogP) is 3.83. The van der Waals surface area contributed by atoms with Gasteiger partial charge in [-0.1, -0.05) is 30.3 Å². The number of aromatic nitrogens is 1. The molecular formula is C25H29N5O2. The van der Waals surface area contributed by atoms with E-state index >= 15 is 0 Å². The highest BCUT2D eigenvalue weighted by Gasteiger charge is 2.17. The fourth-order valence-electron chi connectivity index (χ4n) is 3.73. The molecule has 4 rings (SSSR count). The number of benzene rings is 2. The van der Waals surface area contributed by atoms with E-state index in [9.17, 15) is 4.79 Å². The number of carbonyl (C=O) groups excluding carboxylic acids is 1. The van der Waals surface area contributed by atoms with E-state index < -0.39 is 0 Å². The number of hydrogen-bond donors (Lipinski definition) is 2. The zero-order chi connectivity index (χ0) is 22.2. The van der Waals surface area contributed by atoms with Gasteiger partial charge in [-0.15, -0.1) is 0 Å². The summed E-state index contributed by atoms with van der Waals surface area (Å²) in [4.78, 5) is 23.3. The monoisotopic (exact) mass is 431 g/mol. The third kappa shape index (κ3) is 5.55. The zero-order valence-corrected chi connectivity index (χ0v) is 18.4. The molecule has 2 aromatic carbocycles. The first kappa shape index (κ1) is 21.6. The summed E-state index contributed by atoms with van der Waals surface area (Å²) >= 11 is 0. The Labute approximate surface area is 188 Å². The van der Waals surface area contributed by atoms with E-state index in [4.69, 9.17) is 4.42 Å². The second-order valence-corrected chi connectivity index (χ2v) is 7.84. The number of likely N-dealkylation sites (tertiary alicyclic amines) is 1. The number of piperidine rings is 1. The Hall–Kier alpha value is -3.61. The molecule has 166 valence electrons. The third-order valence-corrected chi connectivity index (χ3v) is 5.54. The molecule has 1 fully saturated rings. The largest absolute Gasteiger partial charge is 0.444 e.